The Hall–Kier alpha value is -4.50. The SMILES string of the molecule is O=C(COC(=O)c1cc2ccccc2oc1=O)c1ccc(Oc2ccc(Cl)cc2[N+](=O)[O-])cc1. The first kappa shape index (κ1) is 22.7. The molecule has 0 spiro atoms. The van der Waals surface area contributed by atoms with Gasteiger partial charge in [0.15, 0.2) is 12.4 Å². The standard InChI is InChI=1S/C24H14ClNO8/c25-16-7-10-22(19(12-16)26(30)31)33-17-8-5-14(6-9-17)20(27)13-32-23(28)18-11-15-3-1-2-4-21(15)34-24(18)29/h1-12H,13H2. The van der Waals surface area contributed by atoms with Crippen LogP contribution < -0.4 is 10.4 Å². The van der Waals surface area contributed by atoms with Gasteiger partial charge in [0.1, 0.15) is 16.9 Å². The molecule has 0 aliphatic heterocycles. The van der Waals surface area contributed by atoms with Gasteiger partial charge in [-0.3, -0.25) is 14.9 Å². The van der Waals surface area contributed by atoms with Crippen LogP contribution in [-0.4, -0.2) is 23.3 Å². The number of nitro benzene ring substituents is 1. The number of ketones is 1. The van der Waals surface area contributed by atoms with Crippen LogP contribution in [0.4, 0.5) is 5.69 Å². The quantitative estimate of drug-likeness (QED) is 0.116. The molecular formula is C24H14ClNO8. The van der Waals surface area contributed by atoms with E-state index < -0.39 is 28.9 Å². The van der Waals surface area contributed by atoms with Crippen LogP contribution in [0, 0.1) is 10.1 Å². The van der Waals surface area contributed by atoms with Gasteiger partial charge in [0, 0.05) is 22.0 Å². The first-order chi connectivity index (χ1) is 16.3. The zero-order chi connectivity index (χ0) is 24.2. The lowest BCUT2D eigenvalue weighted by molar-refractivity contribution is -0.385. The van der Waals surface area contributed by atoms with Gasteiger partial charge < -0.3 is 13.9 Å². The number of rotatable bonds is 7. The molecule has 10 heteroatoms. The van der Waals surface area contributed by atoms with Gasteiger partial charge >= 0.3 is 17.3 Å². The second kappa shape index (κ2) is 9.55. The Morgan fingerprint density at radius 3 is 2.47 bits per heavy atom. The Bertz CT molecular complexity index is 1480. The number of benzene rings is 3. The van der Waals surface area contributed by atoms with Gasteiger partial charge in [0.2, 0.25) is 5.75 Å². The minimum Gasteiger partial charge on any atom is -0.453 e. The molecule has 34 heavy (non-hydrogen) atoms. The molecule has 0 fully saturated rings. The monoisotopic (exact) mass is 479 g/mol. The fraction of sp³-hybridized carbons (Fsp3) is 0.0417. The average Bonchev–Trinajstić information content (AvgIpc) is 2.83. The van der Waals surface area contributed by atoms with E-state index in [0.717, 1.165) is 0 Å². The van der Waals surface area contributed by atoms with Gasteiger partial charge in [-0.2, -0.15) is 0 Å². The van der Waals surface area contributed by atoms with E-state index in [0.29, 0.717) is 11.0 Å². The van der Waals surface area contributed by atoms with Crippen LogP contribution in [0.2, 0.25) is 5.02 Å². The maximum Gasteiger partial charge on any atom is 0.351 e. The van der Waals surface area contributed by atoms with Crippen molar-refractivity contribution in [2.24, 2.45) is 0 Å². The molecule has 0 bridgehead atoms. The van der Waals surface area contributed by atoms with Crippen molar-refractivity contribution < 1.29 is 28.4 Å². The molecule has 1 heterocycles. The number of ether oxygens (including phenoxy) is 2. The second-order valence-electron chi connectivity index (χ2n) is 6.98. The van der Waals surface area contributed by atoms with E-state index in [2.05, 4.69) is 0 Å². The van der Waals surface area contributed by atoms with Crippen molar-refractivity contribution in [3.63, 3.8) is 0 Å². The lowest BCUT2D eigenvalue weighted by Gasteiger charge is -2.08. The maximum absolute atomic E-state index is 12.4. The molecule has 0 amide bonds. The van der Waals surface area contributed by atoms with Crippen molar-refractivity contribution in [3.8, 4) is 11.5 Å². The van der Waals surface area contributed by atoms with Crippen LogP contribution in [0.3, 0.4) is 0 Å². The normalized spacial score (nSPS) is 10.6. The van der Waals surface area contributed by atoms with Crippen LogP contribution in [-0.2, 0) is 4.74 Å². The molecule has 0 aliphatic rings. The summed E-state index contributed by atoms with van der Waals surface area (Å²) in [6, 6.07) is 17.7. The third-order valence-corrected chi connectivity index (χ3v) is 4.95. The third-order valence-electron chi connectivity index (χ3n) is 4.72. The highest BCUT2D eigenvalue weighted by molar-refractivity contribution is 6.30. The largest absolute Gasteiger partial charge is 0.453 e. The van der Waals surface area contributed by atoms with Crippen LogP contribution in [0.15, 0.2) is 82.0 Å². The van der Waals surface area contributed by atoms with Crippen molar-refractivity contribution in [1.29, 1.82) is 0 Å². The lowest BCUT2D eigenvalue weighted by Crippen LogP contribution is -2.20. The Morgan fingerprint density at radius 2 is 1.74 bits per heavy atom. The van der Waals surface area contributed by atoms with E-state index in [-0.39, 0.29) is 33.3 Å². The van der Waals surface area contributed by atoms with Crippen LogP contribution in [0.25, 0.3) is 11.0 Å². The Kier molecular flexibility index (Phi) is 6.37. The summed E-state index contributed by atoms with van der Waals surface area (Å²) in [7, 11) is 0. The number of carbonyl (C=O) groups excluding carboxylic acids is 2. The summed E-state index contributed by atoms with van der Waals surface area (Å²) < 4.78 is 15.6. The second-order valence-corrected chi connectivity index (χ2v) is 7.42. The topological polar surface area (TPSA) is 126 Å². The number of para-hydroxylation sites is 1. The molecule has 0 saturated heterocycles. The highest BCUT2D eigenvalue weighted by Crippen LogP contribution is 2.33. The van der Waals surface area contributed by atoms with Gasteiger partial charge in [-0.25, -0.2) is 9.59 Å². The van der Waals surface area contributed by atoms with Gasteiger partial charge in [0.25, 0.3) is 0 Å². The zero-order valence-corrected chi connectivity index (χ0v) is 18.0. The number of nitrogens with zero attached hydrogens (tertiary/aromatic N) is 1. The molecular weight excluding hydrogens is 466 g/mol. The van der Waals surface area contributed by atoms with Crippen LogP contribution in [0.5, 0.6) is 11.5 Å². The number of hydrogen-bond acceptors (Lipinski definition) is 8. The minimum absolute atomic E-state index is 0.0170. The van der Waals surface area contributed by atoms with Gasteiger partial charge in [-0.05, 0) is 48.5 Å². The van der Waals surface area contributed by atoms with Crippen LogP contribution >= 0.6 is 11.6 Å². The fourth-order valence-electron chi connectivity index (χ4n) is 3.05. The number of nitro groups is 1. The van der Waals surface area contributed by atoms with Crippen molar-refractivity contribution in [2.75, 3.05) is 6.61 Å². The molecule has 0 N–H and O–H groups in total. The van der Waals surface area contributed by atoms with Crippen molar-refractivity contribution in [3.05, 3.63) is 109 Å². The van der Waals surface area contributed by atoms with Gasteiger partial charge in [0.05, 0.1) is 4.92 Å². The molecule has 170 valence electrons. The Morgan fingerprint density at radius 1 is 1.00 bits per heavy atom. The first-order valence-corrected chi connectivity index (χ1v) is 10.1. The highest BCUT2D eigenvalue weighted by atomic mass is 35.5. The Balaban J connectivity index is 1.42. The predicted octanol–water partition coefficient (Wildman–Crippen LogP) is 5.19. The molecule has 3 aromatic carbocycles. The molecule has 9 nitrogen and oxygen atoms in total. The number of halogens is 1. The molecule has 0 unspecified atom stereocenters. The molecule has 0 saturated carbocycles. The van der Waals surface area contributed by atoms with E-state index in [1.165, 1.54) is 48.5 Å². The molecule has 0 aliphatic carbocycles. The van der Waals surface area contributed by atoms with Gasteiger partial charge in [-0.1, -0.05) is 29.8 Å². The van der Waals surface area contributed by atoms with E-state index in [1.807, 2.05) is 0 Å². The summed E-state index contributed by atoms with van der Waals surface area (Å²) in [6.45, 7) is -0.603. The van der Waals surface area contributed by atoms with Crippen molar-refractivity contribution >= 4 is 40.0 Å². The first-order valence-electron chi connectivity index (χ1n) is 9.77. The summed E-state index contributed by atoms with van der Waals surface area (Å²) in [5.74, 6) is -1.28. The summed E-state index contributed by atoms with van der Waals surface area (Å²) in [6.07, 6.45) is 0. The van der Waals surface area contributed by atoms with Crippen molar-refractivity contribution in [2.45, 2.75) is 0 Å². The molecule has 4 aromatic rings. The summed E-state index contributed by atoms with van der Waals surface area (Å²) in [4.78, 5) is 47.3. The average molecular weight is 480 g/mol. The molecule has 4 rings (SSSR count). The summed E-state index contributed by atoms with van der Waals surface area (Å²) in [5.41, 5.74) is -0.964. The molecule has 0 atom stereocenters. The number of hydrogen-bond donors (Lipinski definition) is 0. The zero-order valence-electron chi connectivity index (χ0n) is 17.2. The molecule has 0 radical (unpaired) electrons. The smallest absolute Gasteiger partial charge is 0.351 e. The predicted molar refractivity (Wildman–Crippen MR) is 122 cm³/mol. The Labute approximate surface area is 196 Å². The lowest BCUT2D eigenvalue weighted by atomic mass is 10.1. The molecule has 1 aromatic heterocycles. The van der Waals surface area contributed by atoms with Crippen LogP contribution in [0.1, 0.15) is 20.7 Å². The minimum atomic E-state index is -0.983. The van der Waals surface area contributed by atoms with Crippen molar-refractivity contribution in [1.82, 2.24) is 0 Å². The van der Waals surface area contributed by atoms with Gasteiger partial charge in [-0.15, -0.1) is 0 Å². The fourth-order valence-corrected chi connectivity index (χ4v) is 3.22. The van der Waals surface area contributed by atoms with E-state index in [4.69, 9.17) is 25.5 Å². The number of carbonyl (C=O) groups is 2. The summed E-state index contributed by atoms with van der Waals surface area (Å²) in [5, 5.41) is 11.9. The van der Waals surface area contributed by atoms with E-state index in [9.17, 15) is 24.5 Å². The van der Waals surface area contributed by atoms with E-state index in [1.54, 1.807) is 24.3 Å². The summed E-state index contributed by atoms with van der Waals surface area (Å²) >= 11 is 5.79. The number of esters is 1. The maximum atomic E-state index is 12.4. The third kappa shape index (κ3) is 4.94. The number of fused-ring (bicyclic) bond motifs is 1. The number of Topliss-reactive ketones (excluding diaryl/α,β-unsaturated/α-hetero) is 1. The van der Waals surface area contributed by atoms with E-state index >= 15 is 0 Å². The highest BCUT2D eigenvalue weighted by Gasteiger charge is 2.19.